The van der Waals surface area contributed by atoms with Gasteiger partial charge in [-0.3, -0.25) is 9.36 Å². The average molecular weight is 1020 g/mol. The van der Waals surface area contributed by atoms with E-state index in [0.29, 0.717) is 23.9 Å². The molecular weight excluding hydrogens is 912 g/mol. The topological polar surface area (TPSA) is 108 Å². The first-order valence-electron chi connectivity index (χ1n) is 28.9. The van der Waals surface area contributed by atoms with Crippen LogP contribution in [-0.2, 0) is 18.4 Å². The number of phosphoric acid groups is 1. The Bertz CT molecular complexity index is 1580. The van der Waals surface area contributed by atoms with Crippen molar-refractivity contribution in [1.82, 2.24) is 5.32 Å². The summed E-state index contributed by atoms with van der Waals surface area (Å²) in [5, 5.41) is 13.9. The number of rotatable bonds is 51. The SMILES string of the molecule is CC/C=C\C/C=C\C/C=C\C/C=C\C/C=C\C/C=C\C/C=C\C/C=C\C/C=C\C/C=C\CCCCCCCCCCCCC(=O)NC(COP(=O)([O-])OCC[N+](C)(C)C)C(O)CCCCCCCCCCC. The molecule has 9 heteroatoms. The highest BCUT2D eigenvalue weighted by Gasteiger charge is 2.24. The van der Waals surface area contributed by atoms with E-state index in [0.717, 1.165) is 109 Å². The monoisotopic (exact) mass is 1020 g/mol. The maximum atomic E-state index is 12.9. The summed E-state index contributed by atoms with van der Waals surface area (Å²) >= 11 is 0. The first-order valence-corrected chi connectivity index (χ1v) is 30.3. The second kappa shape index (κ2) is 52.8. The molecule has 0 aromatic rings. The lowest BCUT2D eigenvalue weighted by molar-refractivity contribution is -0.870. The first kappa shape index (κ1) is 68.9. The summed E-state index contributed by atoms with van der Waals surface area (Å²) in [6, 6.07) is -0.808. The molecule has 2 N–H and O–H groups in total. The van der Waals surface area contributed by atoms with E-state index in [4.69, 9.17) is 9.05 Å². The number of hydrogen-bond acceptors (Lipinski definition) is 6. The second-order valence-corrected chi connectivity index (χ2v) is 21.7. The highest BCUT2D eigenvalue weighted by Crippen LogP contribution is 2.38. The summed E-state index contributed by atoms with van der Waals surface area (Å²) in [6.07, 6.45) is 78.2. The number of amides is 1. The Labute approximate surface area is 444 Å². The number of nitrogens with one attached hydrogen (secondary N) is 1. The summed E-state index contributed by atoms with van der Waals surface area (Å²) in [5.74, 6) is -0.177. The molecule has 0 aromatic carbocycles. The summed E-state index contributed by atoms with van der Waals surface area (Å²) in [6.45, 7) is 4.56. The lowest BCUT2D eigenvalue weighted by atomic mass is 10.0. The Morgan fingerprint density at radius 3 is 1.24 bits per heavy atom. The van der Waals surface area contributed by atoms with Crippen LogP contribution < -0.4 is 10.2 Å². The van der Waals surface area contributed by atoms with Gasteiger partial charge in [-0.15, -0.1) is 0 Å². The summed E-state index contributed by atoms with van der Waals surface area (Å²) in [7, 11) is 1.29. The van der Waals surface area contributed by atoms with Crippen molar-refractivity contribution >= 4 is 13.7 Å². The predicted octanol–water partition coefficient (Wildman–Crippen LogP) is 17.1. The minimum Gasteiger partial charge on any atom is -0.756 e. The van der Waals surface area contributed by atoms with Gasteiger partial charge in [-0.2, -0.15) is 0 Å². The van der Waals surface area contributed by atoms with E-state index >= 15 is 0 Å². The first-order chi connectivity index (χ1) is 35.0. The third kappa shape index (κ3) is 54.7. The van der Waals surface area contributed by atoms with E-state index in [1.807, 2.05) is 21.1 Å². The molecule has 0 saturated carbocycles. The number of carbonyl (C=O) groups is 1. The van der Waals surface area contributed by atoms with Crippen molar-refractivity contribution in [2.45, 2.75) is 231 Å². The molecule has 0 heterocycles. The molecule has 3 atom stereocenters. The second-order valence-electron chi connectivity index (χ2n) is 20.3. The van der Waals surface area contributed by atoms with Crippen molar-refractivity contribution in [3.63, 3.8) is 0 Å². The zero-order valence-electron chi connectivity index (χ0n) is 46.8. The van der Waals surface area contributed by atoms with Gasteiger partial charge in [-0.05, 0) is 89.9 Å². The maximum absolute atomic E-state index is 12.9. The van der Waals surface area contributed by atoms with Crippen LogP contribution in [0.15, 0.2) is 122 Å². The standard InChI is InChI=1S/C63H109N2O6P/c1-6-8-10-12-14-16-17-18-19-20-21-22-23-24-25-26-27-28-29-30-31-32-33-34-35-36-37-38-39-40-41-42-43-44-45-46-47-49-51-53-55-57-63(67)64-61(60-71-72(68,69)70-59-58-65(3,4)5)62(66)56-54-52-50-48-15-13-11-9-7-2/h8,10,14,16,18-19,21-22,24-25,27-28,30-31,33-34,36-37,39-40,61-62,66H,6-7,9,11-13,15,17,20,23,26,29,32,35,38,41-60H2,1-5H3,(H-,64,67,68,69)/b10-8-,16-14-,19-18-,22-21-,25-24-,28-27-,31-30-,34-33-,37-36-,40-39-. The highest BCUT2D eigenvalue weighted by atomic mass is 31.2. The summed E-state index contributed by atoms with van der Waals surface area (Å²) in [5.41, 5.74) is 0. The molecule has 0 bridgehead atoms. The van der Waals surface area contributed by atoms with Gasteiger partial charge in [-0.1, -0.05) is 245 Å². The van der Waals surface area contributed by atoms with E-state index in [1.54, 1.807) is 0 Å². The minimum absolute atomic E-state index is 0.00600. The van der Waals surface area contributed by atoms with Gasteiger partial charge in [0.25, 0.3) is 7.82 Å². The van der Waals surface area contributed by atoms with Crippen LogP contribution in [0.3, 0.4) is 0 Å². The van der Waals surface area contributed by atoms with Crippen LogP contribution in [0, 0.1) is 0 Å². The Hall–Kier alpha value is -3.10. The predicted molar refractivity (Wildman–Crippen MR) is 311 cm³/mol. The molecule has 0 radical (unpaired) electrons. The Kier molecular flexibility index (Phi) is 50.5. The Balaban J connectivity index is 3.99. The number of hydrogen-bond donors (Lipinski definition) is 2. The smallest absolute Gasteiger partial charge is 0.268 e. The lowest BCUT2D eigenvalue weighted by Gasteiger charge is -2.30. The van der Waals surface area contributed by atoms with Crippen LogP contribution in [0.25, 0.3) is 0 Å². The van der Waals surface area contributed by atoms with Gasteiger partial charge < -0.3 is 28.8 Å². The van der Waals surface area contributed by atoms with Crippen molar-refractivity contribution in [3.8, 4) is 0 Å². The van der Waals surface area contributed by atoms with Gasteiger partial charge >= 0.3 is 0 Å². The molecule has 0 spiro atoms. The van der Waals surface area contributed by atoms with Gasteiger partial charge in [0, 0.05) is 6.42 Å². The van der Waals surface area contributed by atoms with Gasteiger partial charge in [0.2, 0.25) is 5.91 Å². The van der Waals surface area contributed by atoms with Crippen LogP contribution in [0.2, 0.25) is 0 Å². The molecule has 8 nitrogen and oxygen atoms in total. The number of unbranched alkanes of at least 4 members (excludes halogenated alkanes) is 18. The van der Waals surface area contributed by atoms with Crippen molar-refractivity contribution in [1.29, 1.82) is 0 Å². The van der Waals surface area contributed by atoms with Crippen LogP contribution in [-0.4, -0.2) is 68.5 Å². The molecule has 0 fully saturated rings. The van der Waals surface area contributed by atoms with E-state index in [1.165, 1.54) is 83.5 Å². The number of nitrogens with zero attached hydrogens (tertiary/aromatic N) is 1. The fourth-order valence-corrected chi connectivity index (χ4v) is 8.44. The van der Waals surface area contributed by atoms with Crippen LogP contribution in [0.5, 0.6) is 0 Å². The van der Waals surface area contributed by atoms with Crippen molar-refractivity contribution in [2.75, 3.05) is 40.9 Å². The number of likely N-dealkylation sites (N-methyl/N-ethyl adjacent to an activating group) is 1. The fraction of sp³-hybridized carbons (Fsp3) is 0.667. The molecule has 412 valence electrons. The van der Waals surface area contributed by atoms with Crippen LogP contribution in [0.4, 0.5) is 0 Å². The molecular formula is C63H109N2O6P. The summed E-state index contributed by atoms with van der Waals surface area (Å²) in [4.78, 5) is 25.4. The van der Waals surface area contributed by atoms with Gasteiger partial charge in [0.05, 0.1) is 39.9 Å². The van der Waals surface area contributed by atoms with Crippen molar-refractivity contribution in [3.05, 3.63) is 122 Å². The highest BCUT2D eigenvalue weighted by molar-refractivity contribution is 7.45. The lowest BCUT2D eigenvalue weighted by Crippen LogP contribution is -2.46. The summed E-state index contributed by atoms with van der Waals surface area (Å²) < 4.78 is 23.3. The van der Waals surface area contributed by atoms with Crippen LogP contribution in [0.1, 0.15) is 219 Å². The van der Waals surface area contributed by atoms with E-state index in [2.05, 4.69) is 141 Å². The minimum atomic E-state index is -4.57. The number of quaternary nitrogens is 1. The average Bonchev–Trinajstić information content (AvgIpc) is 3.34. The molecule has 0 aliphatic heterocycles. The van der Waals surface area contributed by atoms with Gasteiger partial charge in [0.15, 0.2) is 0 Å². The number of aliphatic hydroxyl groups is 1. The zero-order valence-corrected chi connectivity index (χ0v) is 47.7. The van der Waals surface area contributed by atoms with E-state index < -0.39 is 20.0 Å². The maximum Gasteiger partial charge on any atom is 0.268 e. The molecule has 3 unspecified atom stereocenters. The van der Waals surface area contributed by atoms with E-state index in [-0.39, 0.29) is 19.1 Å². The van der Waals surface area contributed by atoms with E-state index in [9.17, 15) is 19.4 Å². The third-order valence-corrected chi connectivity index (χ3v) is 13.2. The molecule has 0 rings (SSSR count). The fourth-order valence-electron chi connectivity index (χ4n) is 7.71. The zero-order chi connectivity index (χ0) is 52.7. The third-order valence-electron chi connectivity index (χ3n) is 12.2. The number of aliphatic hydroxyl groups excluding tert-OH is 1. The van der Waals surface area contributed by atoms with Crippen molar-refractivity contribution in [2.24, 2.45) is 0 Å². The Morgan fingerprint density at radius 2 is 0.847 bits per heavy atom. The molecule has 0 aliphatic carbocycles. The molecule has 0 aromatic heterocycles. The number of allylic oxidation sites excluding steroid dienone is 20. The molecule has 0 aliphatic rings. The molecule has 1 amide bonds. The van der Waals surface area contributed by atoms with Crippen LogP contribution >= 0.6 is 7.82 Å². The van der Waals surface area contributed by atoms with Gasteiger partial charge in [-0.25, -0.2) is 0 Å². The Morgan fingerprint density at radius 1 is 0.500 bits per heavy atom. The molecule has 72 heavy (non-hydrogen) atoms. The molecule has 0 saturated heterocycles. The quantitative estimate of drug-likeness (QED) is 0.0272. The number of carbonyl (C=O) groups excluding carboxylic acids is 1. The number of phosphoric ester groups is 1. The largest absolute Gasteiger partial charge is 0.756 e. The van der Waals surface area contributed by atoms with Crippen molar-refractivity contribution < 1.29 is 32.9 Å². The van der Waals surface area contributed by atoms with Gasteiger partial charge in [0.1, 0.15) is 13.2 Å². The normalized spacial score (nSPS) is 14.8.